The van der Waals surface area contributed by atoms with E-state index in [1.165, 1.54) is 29.4 Å². The number of aromatic hydroxyl groups is 1. The Morgan fingerprint density at radius 1 is 1.06 bits per heavy atom. The largest absolute Gasteiger partial charge is 0.504 e. The van der Waals surface area contributed by atoms with Crippen molar-refractivity contribution in [2.24, 2.45) is 11.3 Å². The van der Waals surface area contributed by atoms with Gasteiger partial charge in [-0.2, -0.15) is 0 Å². The number of amides is 1. The molecule has 0 radical (unpaired) electrons. The average Bonchev–Trinajstić information content (AvgIpc) is 2.76. The van der Waals surface area contributed by atoms with Gasteiger partial charge in [0.1, 0.15) is 6.61 Å². The van der Waals surface area contributed by atoms with Gasteiger partial charge in [-0.1, -0.05) is 36.9 Å². The zero-order chi connectivity index (χ0) is 25.5. The van der Waals surface area contributed by atoms with Gasteiger partial charge in [0.2, 0.25) is 0 Å². The lowest BCUT2D eigenvalue weighted by Crippen LogP contribution is -2.36. The van der Waals surface area contributed by atoms with Crippen molar-refractivity contribution in [1.82, 2.24) is 5.06 Å². The molecule has 0 bridgehead atoms. The molecule has 0 heterocycles. The molecular weight excluding hydrogens is 454 g/mol. The van der Waals surface area contributed by atoms with Crippen LogP contribution < -0.4 is 4.74 Å². The summed E-state index contributed by atoms with van der Waals surface area (Å²) in [6.07, 6.45) is 0.590. The van der Waals surface area contributed by atoms with Crippen LogP contribution in [-0.2, 0) is 27.4 Å². The normalized spacial score (nSPS) is 12.2. The van der Waals surface area contributed by atoms with E-state index < -0.39 is 10.7 Å². The van der Waals surface area contributed by atoms with Crippen LogP contribution in [0.3, 0.4) is 0 Å². The molecule has 0 aliphatic rings. The number of benzene rings is 2. The van der Waals surface area contributed by atoms with Gasteiger partial charge in [0, 0.05) is 5.92 Å². The summed E-state index contributed by atoms with van der Waals surface area (Å²) in [6, 6.07) is 11.0. The van der Waals surface area contributed by atoms with Crippen molar-refractivity contribution in [2.75, 3.05) is 20.3 Å². The number of esters is 1. The van der Waals surface area contributed by atoms with E-state index in [2.05, 4.69) is 31.7 Å². The Balaban J connectivity index is 2.16. The minimum Gasteiger partial charge on any atom is -0.504 e. The first-order chi connectivity index (χ1) is 15.9. The first-order valence-electron chi connectivity index (χ1n) is 11.1. The Morgan fingerprint density at radius 3 is 2.32 bits per heavy atom. The summed E-state index contributed by atoms with van der Waals surface area (Å²) < 4.78 is 10.7. The van der Waals surface area contributed by atoms with Crippen molar-refractivity contribution < 1.29 is 29.0 Å². The first kappa shape index (κ1) is 27.5. The molecule has 1 atom stereocenters. The summed E-state index contributed by atoms with van der Waals surface area (Å²) in [5.41, 5.74) is 3.52. The smallest absolute Gasteiger partial charge is 0.311 e. The molecule has 34 heavy (non-hydrogen) atoms. The third kappa shape index (κ3) is 8.25. The Bertz CT molecular complexity index is 1000. The molecule has 0 spiro atoms. The molecule has 1 N–H and O–H groups in total. The number of ether oxygens (including phenoxy) is 2. The summed E-state index contributed by atoms with van der Waals surface area (Å²) in [4.78, 5) is 30.3. The number of carbonyl (C=O) groups is 2. The number of aryl methyl sites for hydroxylation is 2. The van der Waals surface area contributed by atoms with Gasteiger partial charge in [0.15, 0.2) is 11.5 Å². The summed E-state index contributed by atoms with van der Waals surface area (Å²) in [5, 5.41) is 10.4. The van der Waals surface area contributed by atoms with Crippen LogP contribution in [0.15, 0.2) is 36.4 Å². The average molecular weight is 490 g/mol. The highest BCUT2D eigenvalue weighted by Gasteiger charge is 2.26. The van der Waals surface area contributed by atoms with Crippen LogP contribution in [-0.4, -0.2) is 41.6 Å². The number of nitrogens with zero attached hydrogens (tertiary/aromatic N) is 1. The quantitative estimate of drug-likeness (QED) is 0.269. The number of carbonyl (C=O) groups excluding carboxylic acids is 2. The van der Waals surface area contributed by atoms with E-state index in [0.717, 1.165) is 5.56 Å². The number of phenols is 1. The highest BCUT2D eigenvalue weighted by atomic mass is 32.1. The van der Waals surface area contributed by atoms with E-state index in [1.54, 1.807) is 32.9 Å². The summed E-state index contributed by atoms with van der Waals surface area (Å²) in [5.74, 6) is -0.189. The van der Waals surface area contributed by atoms with Gasteiger partial charge >= 0.3 is 11.2 Å². The van der Waals surface area contributed by atoms with Crippen molar-refractivity contribution >= 4 is 23.8 Å². The van der Waals surface area contributed by atoms with E-state index in [4.69, 9.17) is 14.3 Å². The Hall–Kier alpha value is -2.71. The third-order valence-electron chi connectivity index (χ3n) is 5.43. The molecule has 1 unspecified atom stereocenters. The van der Waals surface area contributed by atoms with E-state index in [1.807, 2.05) is 13.0 Å². The van der Waals surface area contributed by atoms with Gasteiger partial charge in [0.05, 0.1) is 25.7 Å². The topological polar surface area (TPSA) is 85.3 Å². The maximum Gasteiger partial charge on any atom is 0.311 e. The summed E-state index contributed by atoms with van der Waals surface area (Å²) in [7, 11) is 1.46. The monoisotopic (exact) mass is 489 g/mol. The highest BCUT2D eigenvalue weighted by molar-refractivity contribution is 7.96. The number of phenolic OH excluding ortho intramolecular Hbond substituents is 1. The molecule has 0 saturated heterocycles. The fourth-order valence-electron chi connectivity index (χ4n) is 3.23. The predicted octanol–water partition coefficient (Wildman–Crippen LogP) is 5.25. The van der Waals surface area contributed by atoms with Gasteiger partial charge in [-0.3, -0.25) is 14.4 Å². The predicted molar refractivity (Wildman–Crippen MR) is 134 cm³/mol. The molecule has 2 aromatic carbocycles. The number of hydrogen-bond donors (Lipinski definition) is 2. The molecule has 0 aliphatic carbocycles. The van der Waals surface area contributed by atoms with Crippen LogP contribution in [0.25, 0.3) is 0 Å². The second-order valence-corrected chi connectivity index (χ2v) is 9.84. The maximum atomic E-state index is 12.4. The standard InChI is InChI=1S/C26H35NO6S/c1-17-7-8-19(11-18(17)2)12-21(15-32-24(29)26(3,4)5)14-27(25(30)34)33-16-20-9-10-22(28)23(13-20)31-6/h7-11,13,21,28H,12,14-16H2,1-6H3,(H,30,34). The van der Waals surface area contributed by atoms with Crippen molar-refractivity contribution in [3.63, 3.8) is 0 Å². The number of hydroxylamine groups is 2. The van der Waals surface area contributed by atoms with E-state index in [0.29, 0.717) is 17.7 Å². The molecule has 186 valence electrons. The number of hydrogen-bond acceptors (Lipinski definition) is 6. The zero-order valence-electron chi connectivity index (χ0n) is 20.8. The molecule has 2 rings (SSSR count). The van der Waals surface area contributed by atoms with Crippen molar-refractivity contribution in [1.29, 1.82) is 0 Å². The number of rotatable bonds is 10. The van der Waals surface area contributed by atoms with E-state index >= 15 is 0 Å². The second-order valence-electron chi connectivity index (χ2n) is 9.46. The Kier molecular flexibility index (Phi) is 9.82. The fourth-order valence-corrected chi connectivity index (χ4v) is 3.37. The number of methoxy groups -OCH3 is 1. The Labute approximate surface area is 207 Å². The van der Waals surface area contributed by atoms with Gasteiger partial charge in [0.25, 0.3) is 0 Å². The van der Waals surface area contributed by atoms with Gasteiger partial charge in [-0.05, 0) is 75.4 Å². The minimum atomic E-state index is -0.627. The first-order valence-corrected chi connectivity index (χ1v) is 11.6. The lowest BCUT2D eigenvalue weighted by molar-refractivity contribution is -0.158. The van der Waals surface area contributed by atoms with Crippen LogP contribution in [0, 0.1) is 25.2 Å². The molecular formula is C26H35NO6S. The lowest BCUT2D eigenvalue weighted by Gasteiger charge is -2.27. The van der Waals surface area contributed by atoms with E-state index in [-0.39, 0.29) is 37.4 Å². The lowest BCUT2D eigenvalue weighted by atomic mass is 9.96. The summed E-state index contributed by atoms with van der Waals surface area (Å²) >= 11 is 3.97. The molecule has 8 heteroatoms. The SMILES string of the molecule is COc1cc(CON(CC(COC(=O)C(C)(C)C)Cc2ccc(C)c(C)c2)C(=O)S)ccc1O. The molecule has 0 aromatic heterocycles. The third-order valence-corrected chi connectivity index (χ3v) is 5.65. The van der Waals surface area contributed by atoms with Crippen molar-refractivity contribution in [3.05, 3.63) is 58.7 Å². The zero-order valence-corrected chi connectivity index (χ0v) is 21.6. The molecule has 0 fully saturated rings. The molecule has 0 saturated carbocycles. The van der Waals surface area contributed by atoms with Crippen molar-refractivity contribution in [3.8, 4) is 11.5 Å². The molecule has 7 nitrogen and oxygen atoms in total. The maximum absolute atomic E-state index is 12.4. The van der Waals surface area contributed by atoms with E-state index in [9.17, 15) is 14.7 Å². The van der Waals surface area contributed by atoms with Crippen LogP contribution in [0.2, 0.25) is 0 Å². The molecule has 2 aromatic rings. The van der Waals surface area contributed by atoms with Crippen LogP contribution >= 0.6 is 12.6 Å². The second kappa shape index (κ2) is 12.1. The number of thiol groups is 1. The Morgan fingerprint density at radius 2 is 1.74 bits per heavy atom. The van der Waals surface area contributed by atoms with Crippen LogP contribution in [0.5, 0.6) is 11.5 Å². The minimum absolute atomic E-state index is 0.0162. The van der Waals surface area contributed by atoms with Gasteiger partial charge < -0.3 is 14.6 Å². The van der Waals surface area contributed by atoms with Gasteiger partial charge in [-0.15, -0.1) is 0 Å². The summed E-state index contributed by atoms with van der Waals surface area (Å²) in [6.45, 7) is 9.88. The van der Waals surface area contributed by atoms with Crippen molar-refractivity contribution in [2.45, 2.75) is 47.6 Å². The highest BCUT2D eigenvalue weighted by Crippen LogP contribution is 2.27. The van der Waals surface area contributed by atoms with Crippen LogP contribution in [0.1, 0.15) is 43.0 Å². The van der Waals surface area contributed by atoms with Gasteiger partial charge in [-0.25, -0.2) is 5.06 Å². The van der Waals surface area contributed by atoms with Crippen LogP contribution in [0.4, 0.5) is 4.79 Å². The molecule has 1 amide bonds. The molecule has 0 aliphatic heterocycles. The fraction of sp³-hybridized carbons (Fsp3) is 0.462.